The molecule has 2 heterocycles. The van der Waals surface area contributed by atoms with Crippen molar-refractivity contribution >= 4 is 5.91 Å². The lowest BCUT2D eigenvalue weighted by Crippen LogP contribution is -2.57. The summed E-state index contributed by atoms with van der Waals surface area (Å²) in [5.41, 5.74) is 5.43. The Morgan fingerprint density at radius 1 is 1.65 bits per heavy atom. The number of aryl methyl sites for hydroxylation is 1. The zero-order chi connectivity index (χ0) is 12.4. The number of primary amides is 1. The molecule has 94 valence electrons. The van der Waals surface area contributed by atoms with Crippen molar-refractivity contribution in [3.63, 3.8) is 0 Å². The van der Waals surface area contributed by atoms with E-state index in [0.717, 1.165) is 24.6 Å². The van der Waals surface area contributed by atoms with E-state index in [1.54, 1.807) is 0 Å². The summed E-state index contributed by atoms with van der Waals surface area (Å²) >= 11 is 0. The largest absolute Gasteiger partial charge is 0.465 e. The van der Waals surface area contributed by atoms with Gasteiger partial charge in [0.15, 0.2) is 0 Å². The molecule has 1 saturated heterocycles. The Balaban J connectivity index is 2.16. The van der Waals surface area contributed by atoms with Crippen LogP contribution >= 0.6 is 0 Å². The first-order valence-electron chi connectivity index (χ1n) is 5.91. The van der Waals surface area contributed by atoms with E-state index in [2.05, 4.69) is 10.2 Å². The van der Waals surface area contributed by atoms with Crippen molar-refractivity contribution in [2.75, 3.05) is 19.6 Å². The molecule has 0 aromatic carbocycles. The highest BCUT2D eigenvalue weighted by atomic mass is 16.3. The Bertz CT molecular complexity index is 402. The molecule has 1 fully saturated rings. The minimum atomic E-state index is -0.285. The van der Waals surface area contributed by atoms with Crippen molar-refractivity contribution in [2.24, 2.45) is 5.73 Å². The molecule has 3 N–H and O–H groups in total. The van der Waals surface area contributed by atoms with Crippen LogP contribution < -0.4 is 11.1 Å². The minimum absolute atomic E-state index is 0.0725. The van der Waals surface area contributed by atoms with Gasteiger partial charge in [-0.25, -0.2) is 0 Å². The van der Waals surface area contributed by atoms with Crippen molar-refractivity contribution in [1.82, 2.24) is 10.2 Å². The van der Waals surface area contributed by atoms with E-state index in [4.69, 9.17) is 10.2 Å². The van der Waals surface area contributed by atoms with Gasteiger partial charge in [0.05, 0.1) is 6.04 Å². The molecule has 5 heteroatoms. The van der Waals surface area contributed by atoms with Crippen molar-refractivity contribution in [2.45, 2.75) is 25.9 Å². The Kier molecular flexibility index (Phi) is 3.49. The maximum absolute atomic E-state index is 11.4. The molecular weight excluding hydrogens is 218 g/mol. The summed E-state index contributed by atoms with van der Waals surface area (Å²) in [5.74, 6) is 1.49. The molecular formula is C12H19N3O2. The molecule has 1 aromatic heterocycles. The van der Waals surface area contributed by atoms with Crippen LogP contribution in [0, 0.1) is 6.92 Å². The summed E-state index contributed by atoms with van der Waals surface area (Å²) in [6.07, 6.45) is 0. The first-order valence-corrected chi connectivity index (χ1v) is 5.91. The van der Waals surface area contributed by atoms with Crippen LogP contribution in [0.15, 0.2) is 16.5 Å². The number of carbonyl (C=O) groups excluding carboxylic acids is 1. The molecule has 0 radical (unpaired) electrons. The number of nitrogens with one attached hydrogen (secondary N) is 1. The highest BCUT2D eigenvalue weighted by Gasteiger charge is 2.31. The Hall–Kier alpha value is -1.33. The monoisotopic (exact) mass is 237 g/mol. The van der Waals surface area contributed by atoms with Gasteiger partial charge in [0.25, 0.3) is 0 Å². The fourth-order valence-electron chi connectivity index (χ4n) is 2.29. The molecule has 2 unspecified atom stereocenters. The summed E-state index contributed by atoms with van der Waals surface area (Å²) in [6.45, 7) is 6.24. The molecule has 2 atom stereocenters. The molecule has 1 aliphatic rings. The van der Waals surface area contributed by atoms with Crippen LogP contribution in [0.3, 0.4) is 0 Å². The van der Waals surface area contributed by atoms with Gasteiger partial charge in [0.2, 0.25) is 5.91 Å². The lowest BCUT2D eigenvalue weighted by molar-refractivity contribution is -0.124. The van der Waals surface area contributed by atoms with Crippen LogP contribution in [0.5, 0.6) is 0 Å². The second kappa shape index (κ2) is 4.89. The number of rotatable bonds is 3. The number of nitrogens with zero attached hydrogens (tertiary/aromatic N) is 1. The molecule has 1 aromatic rings. The number of hydrogen-bond donors (Lipinski definition) is 2. The Labute approximate surface area is 101 Å². The fraction of sp³-hybridized carbons (Fsp3) is 0.583. The van der Waals surface area contributed by atoms with E-state index in [9.17, 15) is 4.79 Å². The number of hydrogen-bond acceptors (Lipinski definition) is 4. The summed E-state index contributed by atoms with van der Waals surface area (Å²) in [7, 11) is 0. The van der Waals surface area contributed by atoms with Crippen LogP contribution in [0.4, 0.5) is 0 Å². The van der Waals surface area contributed by atoms with E-state index in [1.165, 1.54) is 0 Å². The van der Waals surface area contributed by atoms with Gasteiger partial charge in [0, 0.05) is 19.6 Å². The standard InChI is InChI=1S/C12H19N3O2/c1-8-3-4-11(17-8)9(2)15-6-5-14-7-10(15)12(13)16/h3-4,9-10,14H,5-7H2,1-2H3,(H2,13,16). The lowest BCUT2D eigenvalue weighted by Gasteiger charge is -2.37. The fourth-order valence-corrected chi connectivity index (χ4v) is 2.29. The predicted octanol–water partition coefficient (Wildman–Crippen LogP) is 0.408. The molecule has 0 bridgehead atoms. The lowest BCUT2D eigenvalue weighted by atomic mass is 10.1. The van der Waals surface area contributed by atoms with Crippen LogP contribution in [0.2, 0.25) is 0 Å². The Morgan fingerprint density at radius 2 is 2.41 bits per heavy atom. The van der Waals surface area contributed by atoms with Crippen LogP contribution in [-0.4, -0.2) is 36.5 Å². The SMILES string of the molecule is Cc1ccc(C(C)N2CCNCC2C(N)=O)o1. The van der Waals surface area contributed by atoms with E-state index >= 15 is 0 Å². The van der Waals surface area contributed by atoms with Crippen molar-refractivity contribution in [3.05, 3.63) is 23.7 Å². The van der Waals surface area contributed by atoms with E-state index in [-0.39, 0.29) is 18.0 Å². The predicted molar refractivity (Wildman–Crippen MR) is 64.4 cm³/mol. The zero-order valence-corrected chi connectivity index (χ0v) is 10.3. The maximum Gasteiger partial charge on any atom is 0.236 e. The van der Waals surface area contributed by atoms with E-state index in [0.29, 0.717) is 6.54 Å². The Morgan fingerprint density at radius 3 is 3.00 bits per heavy atom. The first kappa shape index (κ1) is 12.1. The summed E-state index contributed by atoms with van der Waals surface area (Å²) in [5, 5.41) is 3.18. The molecule has 17 heavy (non-hydrogen) atoms. The summed E-state index contributed by atoms with van der Waals surface area (Å²) < 4.78 is 5.61. The van der Waals surface area contributed by atoms with E-state index in [1.807, 2.05) is 26.0 Å². The smallest absolute Gasteiger partial charge is 0.236 e. The highest BCUT2D eigenvalue weighted by Crippen LogP contribution is 2.24. The van der Waals surface area contributed by atoms with Crippen molar-refractivity contribution in [3.8, 4) is 0 Å². The molecule has 0 spiro atoms. The quantitative estimate of drug-likeness (QED) is 0.798. The zero-order valence-electron chi connectivity index (χ0n) is 10.3. The number of amides is 1. The van der Waals surface area contributed by atoms with Gasteiger partial charge in [0.1, 0.15) is 17.6 Å². The average molecular weight is 237 g/mol. The molecule has 0 saturated carbocycles. The normalized spacial score (nSPS) is 23.5. The third kappa shape index (κ3) is 2.50. The molecule has 2 rings (SSSR count). The van der Waals surface area contributed by atoms with Crippen LogP contribution in [0.1, 0.15) is 24.5 Å². The number of carbonyl (C=O) groups is 1. The maximum atomic E-state index is 11.4. The van der Waals surface area contributed by atoms with Crippen molar-refractivity contribution < 1.29 is 9.21 Å². The third-order valence-electron chi connectivity index (χ3n) is 3.28. The van der Waals surface area contributed by atoms with Crippen molar-refractivity contribution in [1.29, 1.82) is 0 Å². The number of piperazine rings is 1. The topological polar surface area (TPSA) is 71.5 Å². The third-order valence-corrected chi connectivity index (χ3v) is 3.28. The molecule has 0 aliphatic carbocycles. The number of furan rings is 1. The van der Waals surface area contributed by atoms with Gasteiger partial charge in [-0.1, -0.05) is 0 Å². The second-order valence-corrected chi connectivity index (χ2v) is 4.48. The van der Waals surface area contributed by atoms with Gasteiger partial charge in [-0.05, 0) is 26.0 Å². The van der Waals surface area contributed by atoms with Gasteiger partial charge >= 0.3 is 0 Å². The second-order valence-electron chi connectivity index (χ2n) is 4.48. The van der Waals surface area contributed by atoms with E-state index < -0.39 is 0 Å². The first-order chi connectivity index (χ1) is 8.09. The molecule has 1 amide bonds. The van der Waals surface area contributed by atoms with Gasteiger partial charge in [-0.3, -0.25) is 9.69 Å². The number of nitrogens with two attached hydrogens (primary N) is 1. The summed E-state index contributed by atoms with van der Waals surface area (Å²) in [6, 6.07) is 3.71. The average Bonchev–Trinajstić information content (AvgIpc) is 2.75. The molecule has 1 aliphatic heterocycles. The van der Waals surface area contributed by atoms with Gasteiger partial charge in [-0.2, -0.15) is 0 Å². The summed E-state index contributed by atoms with van der Waals surface area (Å²) in [4.78, 5) is 13.5. The van der Waals surface area contributed by atoms with Crippen LogP contribution in [-0.2, 0) is 4.79 Å². The van der Waals surface area contributed by atoms with Gasteiger partial charge in [-0.15, -0.1) is 0 Å². The molecule has 5 nitrogen and oxygen atoms in total. The minimum Gasteiger partial charge on any atom is -0.465 e. The highest BCUT2D eigenvalue weighted by molar-refractivity contribution is 5.80. The van der Waals surface area contributed by atoms with Crippen LogP contribution in [0.25, 0.3) is 0 Å². The van der Waals surface area contributed by atoms with Gasteiger partial charge < -0.3 is 15.5 Å².